The van der Waals surface area contributed by atoms with Crippen molar-refractivity contribution < 1.29 is 251 Å². The molecule has 0 bridgehead atoms. The van der Waals surface area contributed by atoms with E-state index in [0.29, 0.717) is 0 Å². The number of aliphatic hydroxyl groups excluding tert-OH is 6. The minimum Gasteiger partial charge on any atom is -0.870 e. The molecule has 0 aromatic rings. The molecule has 0 heterocycles. The van der Waals surface area contributed by atoms with Crippen LogP contribution in [0.1, 0.15) is 142 Å². The average molecular weight is 1070 g/mol. The zero-order valence-electron chi connectivity index (χ0n) is 40.8. The summed E-state index contributed by atoms with van der Waals surface area (Å²) in [6, 6.07) is 0. The summed E-state index contributed by atoms with van der Waals surface area (Å²) in [6.07, 6.45) is 2.11. The maximum Gasteiger partial charge on any atom is 1.00 e. The third-order valence-corrected chi connectivity index (χ3v) is 2.79. The number of carbonyl (C=O) groups is 7. The van der Waals surface area contributed by atoms with E-state index in [9.17, 15) is 29.4 Å². The van der Waals surface area contributed by atoms with Gasteiger partial charge in [-0.05, 0) is 76.2 Å². The molecule has 0 fully saturated rings. The molecule has 0 rings (SSSR count). The first-order chi connectivity index (χ1) is 24.5. The second-order valence-electron chi connectivity index (χ2n) is 7.94. The molecule has 0 aliphatic carbocycles. The predicted molar refractivity (Wildman–Crippen MR) is 247 cm³/mol. The van der Waals surface area contributed by atoms with Gasteiger partial charge in [0.15, 0.2) is 11.6 Å². The number of carboxylic acid groups (broad SMARTS) is 1. The van der Waals surface area contributed by atoms with E-state index in [0.717, 1.165) is 38.3 Å². The van der Waals surface area contributed by atoms with Gasteiger partial charge >= 0.3 is 131 Å². The van der Waals surface area contributed by atoms with Crippen molar-refractivity contribution in [3.63, 3.8) is 0 Å². The number of aliphatic carboxylic acids is 1. The monoisotopic (exact) mass is 1070 g/mol. The third-order valence-electron chi connectivity index (χ3n) is 2.79. The molecule has 16 N–H and O–H groups in total. The second-order valence-corrected chi connectivity index (χ2v) is 7.94. The van der Waals surface area contributed by atoms with Gasteiger partial charge in [-0.25, -0.2) is 0 Å². The fraction of sp³-hybridized carbons (Fsp3) is 0.667. The molecular formula is C39H96Na4O26. The van der Waals surface area contributed by atoms with Crippen LogP contribution in [-0.4, -0.2) is 172 Å². The van der Waals surface area contributed by atoms with Crippen LogP contribution in [0.4, 0.5) is 0 Å². The fourth-order valence-electron chi connectivity index (χ4n) is 0. The first-order valence-corrected chi connectivity index (χ1v) is 14.8. The molecule has 0 aliphatic rings. The standard InChI is InChI=1S/C4H10O2.2C4H8O2.C4H7O2.C3H6O3.5C2H4O.2C2H3O.CO2.5CH4.4Na.6H2O.H2/c4*1-3(5)4(2)6;1-2(4)3(5)6;7*1-2-3;2-1-3;;;;;;;;;;;;;;;;/h3-6H,1-2H3;2*3,5H,1-2H3;3H,1-2H3;2,4H,1H3,(H,5,6);4*2H,1H3;2-3H,1H2;2*1H3;;5*1H4;;;;;6*1H2;1H/q;;;-1;;;;;;;-1;+1;;;;;;;4*+1;;;;;;;/p-3. The summed E-state index contributed by atoms with van der Waals surface area (Å²) in [5, 5.41) is 67.8. The van der Waals surface area contributed by atoms with E-state index in [1.54, 1.807) is 20.8 Å². The van der Waals surface area contributed by atoms with Crippen LogP contribution in [0.15, 0.2) is 12.8 Å². The molecule has 26 nitrogen and oxygen atoms in total. The minimum absolute atomic E-state index is 0. The first-order valence-electron chi connectivity index (χ1n) is 14.8. The van der Waals surface area contributed by atoms with Crippen molar-refractivity contribution >= 4 is 67.2 Å². The van der Waals surface area contributed by atoms with Crippen LogP contribution in [0, 0.1) is 0 Å². The normalized spacial score (nSPS) is 7.90. The Labute approximate surface area is 503 Å². The molecule has 0 radical (unpaired) electrons. The molecule has 0 saturated heterocycles. The average Bonchev–Trinajstić information content (AvgIpc) is 3.01. The van der Waals surface area contributed by atoms with Crippen molar-refractivity contribution in [2.75, 3.05) is 0 Å². The number of Topliss-reactive ketones (excluding diaryl/α,β-unsaturated/α-hetero) is 3. The Morgan fingerprint density at radius 1 is 0.638 bits per heavy atom. The van der Waals surface area contributed by atoms with Crippen molar-refractivity contribution in [3.05, 3.63) is 12.8 Å². The SMILES string of the molecule is C.C.C.C.C.C=CO.CC(=O)C(C)O.CC(=O)C(C)O.CC(=O)C(C)[O-].CC(O)C(=O)[O-].CC(O)C(C)O.CC=O.CC=O.CC=O.CC=[OH+].C[C+]=O.C[C-]=O.O.O.O.O=C=O.[HH].[Na+].[Na+].[Na+].[Na+].[OH-].[OH-].[OH-]. The van der Waals surface area contributed by atoms with Gasteiger partial charge < -0.3 is 102 Å². The number of carboxylic acids is 1. The fourth-order valence-corrected chi connectivity index (χ4v) is 0. The Balaban J connectivity index is -0.00000000956. The van der Waals surface area contributed by atoms with Crippen molar-refractivity contribution in [2.24, 2.45) is 0 Å². The van der Waals surface area contributed by atoms with Crippen molar-refractivity contribution in [1.82, 2.24) is 0 Å². The Morgan fingerprint density at radius 2 is 0.696 bits per heavy atom. The Morgan fingerprint density at radius 3 is 0.696 bits per heavy atom. The van der Waals surface area contributed by atoms with Gasteiger partial charge in [0.25, 0.3) is 6.29 Å². The molecule has 0 amide bonds. The molecular weight excluding hydrogens is 976 g/mol. The summed E-state index contributed by atoms with van der Waals surface area (Å²) in [5.74, 6) is -2.10. The van der Waals surface area contributed by atoms with Gasteiger partial charge in [-0.1, -0.05) is 56.7 Å². The Bertz CT molecular complexity index is 747. The molecule has 69 heavy (non-hydrogen) atoms. The number of aldehydes is 4. The Hall–Kier alpha value is -1.15. The van der Waals surface area contributed by atoms with Crippen molar-refractivity contribution in [1.29, 1.82) is 0 Å². The molecule has 30 heteroatoms. The van der Waals surface area contributed by atoms with Crippen LogP contribution in [-0.2, 0) is 52.7 Å². The largest absolute Gasteiger partial charge is 1.00 e. The maximum absolute atomic E-state index is 9.89. The molecule has 6 unspecified atom stereocenters. The van der Waals surface area contributed by atoms with Crippen LogP contribution >= 0.6 is 0 Å². The van der Waals surface area contributed by atoms with E-state index in [2.05, 4.69) is 6.58 Å². The maximum atomic E-state index is 9.89. The van der Waals surface area contributed by atoms with E-state index in [1.165, 1.54) is 88.7 Å². The molecule has 0 aliphatic heterocycles. The number of hydrogen-bond acceptors (Lipinski definition) is 22. The smallest absolute Gasteiger partial charge is 0.870 e. The summed E-state index contributed by atoms with van der Waals surface area (Å²) in [4.78, 5) is 106. The predicted octanol–water partition coefficient (Wildman–Crippen LogP) is -13.3. The van der Waals surface area contributed by atoms with Gasteiger partial charge in [0, 0.05) is 13.1 Å². The molecule has 0 saturated carbocycles. The number of aliphatic hydroxyl groups is 6. The van der Waals surface area contributed by atoms with Crippen LogP contribution < -0.4 is 128 Å². The Kier molecular flexibility index (Phi) is 591. The zero-order chi connectivity index (χ0) is 47.4. The summed E-state index contributed by atoms with van der Waals surface area (Å²) >= 11 is 0. The van der Waals surface area contributed by atoms with Gasteiger partial charge in [0.2, 0.25) is 6.92 Å². The number of hydrogen-bond donors (Lipinski definition) is 6. The first kappa shape index (κ1) is 191. The summed E-state index contributed by atoms with van der Waals surface area (Å²) < 4.78 is 0. The molecule has 6 atom stereocenters. The molecule has 0 aromatic carbocycles. The second kappa shape index (κ2) is 213. The van der Waals surface area contributed by atoms with E-state index in [-0.39, 0.29) is 213 Å². The number of ketones is 3. The molecule has 0 spiro atoms. The van der Waals surface area contributed by atoms with E-state index in [4.69, 9.17) is 69.0 Å². The van der Waals surface area contributed by atoms with E-state index < -0.39 is 42.6 Å². The van der Waals surface area contributed by atoms with Crippen LogP contribution in [0.3, 0.4) is 0 Å². The van der Waals surface area contributed by atoms with Crippen molar-refractivity contribution in [2.45, 2.75) is 178 Å². The number of rotatable bonds is 5. The van der Waals surface area contributed by atoms with Gasteiger partial charge in [-0.15, -0.1) is 0 Å². The van der Waals surface area contributed by atoms with Crippen LogP contribution in [0.2, 0.25) is 0 Å². The quantitative estimate of drug-likeness (QED) is 0.0489. The van der Waals surface area contributed by atoms with Gasteiger partial charge in [0.05, 0.1) is 30.5 Å². The minimum atomic E-state index is -1.44. The van der Waals surface area contributed by atoms with E-state index >= 15 is 0 Å². The molecule has 0 aromatic heterocycles. The van der Waals surface area contributed by atoms with Gasteiger partial charge in [-0.2, -0.15) is 16.5 Å². The summed E-state index contributed by atoms with van der Waals surface area (Å²) in [5.41, 5.74) is 0. The summed E-state index contributed by atoms with van der Waals surface area (Å²) in [7, 11) is 0. The van der Waals surface area contributed by atoms with Gasteiger partial charge in [-0.3, -0.25) is 20.7 Å². The summed E-state index contributed by atoms with van der Waals surface area (Å²) in [6.45, 7) is 23.9. The topological polar surface area (TPSA) is 561 Å². The van der Waals surface area contributed by atoms with Crippen LogP contribution in [0.25, 0.3) is 0 Å². The number of carbonyl (C=O) groups excluding carboxylic acids is 12. The zero-order valence-corrected chi connectivity index (χ0v) is 48.8. The van der Waals surface area contributed by atoms with Crippen molar-refractivity contribution in [3.8, 4) is 0 Å². The van der Waals surface area contributed by atoms with E-state index in [1.807, 2.05) is 0 Å². The van der Waals surface area contributed by atoms with Crippen LogP contribution in [0.5, 0.6) is 0 Å². The third kappa shape index (κ3) is 791. The molecule has 412 valence electrons. The van der Waals surface area contributed by atoms with Gasteiger partial charge in [0.1, 0.15) is 36.8 Å².